The van der Waals surface area contributed by atoms with E-state index in [1.165, 1.54) is 25.3 Å². The Hall–Kier alpha value is -3.86. The van der Waals surface area contributed by atoms with Crippen molar-refractivity contribution in [1.82, 2.24) is 4.98 Å². The number of nitrogens with one attached hydrogen (secondary N) is 1. The van der Waals surface area contributed by atoms with Gasteiger partial charge in [-0.2, -0.15) is 0 Å². The summed E-state index contributed by atoms with van der Waals surface area (Å²) in [5, 5.41) is 3.01. The molecule has 31 heavy (non-hydrogen) atoms. The minimum Gasteiger partial charge on any atom is -0.465 e. The highest BCUT2D eigenvalue weighted by molar-refractivity contribution is 7.90. The molecule has 0 saturated heterocycles. The zero-order chi connectivity index (χ0) is 22.3. The predicted octanol–water partition coefficient (Wildman–Crippen LogP) is 2.31. The van der Waals surface area contributed by atoms with E-state index in [-0.39, 0.29) is 34.2 Å². The topological polar surface area (TPSA) is 147 Å². The zero-order valence-corrected chi connectivity index (χ0v) is 17.3. The molecular weight excluding hydrogens is 426 g/mol. The molecule has 2 amide bonds. The van der Waals surface area contributed by atoms with Crippen LogP contribution >= 0.6 is 0 Å². The van der Waals surface area contributed by atoms with E-state index >= 15 is 0 Å². The minimum atomic E-state index is -3.59. The van der Waals surface area contributed by atoms with Crippen LogP contribution < -0.4 is 20.5 Å². The number of ether oxygens (including phenoxy) is 3. The molecule has 0 atom stereocenters. The largest absolute Gasteiger partial charge is 0.465 e. The second kappa shape index (κ2) is 7.43. The number of esters is 1. The number of carbonyl (C=O) groups excluding carboxylic acids is 2. The maximum atomic E-state index is 12.6. The molecule has 0 spiro atoms. The molecule has 2 heterocycles. The molecule has 160 valence electrons. The van der Waals surface area contributed by atoms with Crippen LogP contribution in [0.3, 0.4) is 0 Å². The van der Waals surface area contributed by atoms with E-state index < -0.39 is 21.8 Å². The Kier molecular flexibility index (Phi) is 4.90. The van der Waals surface area contributed by atoms with E-state index in [0.717, 1.165) is 6.26 Å². The second-order valence-electron chi connectivity index (χ2n) is 6.74. The Balaban J connectivity index is 2.04. The van der Waals surface area contributed by atoms with Gasteiger partial charge in [-0.3, -0.25) is 0 Å². The van der Waals surface area contributed by atoms with Gasteiger partial charge in [-0.25, -0.2) is 23.0 Å². The van der Waals surface area contributed by atoms with Crippen molar-refractivity contribution in [3.63, 3.8) is 0 Å². The third-order valence-corrected chi connectivity index (χ3v) is 5.76. The standard InChI is InChI=1S/C20H17N3O7S/c1-28-19(24)13-5-10-6-16-17(30-9-29-16)8-15(10)22-18(13)12-7-11(31(2,26)27)3-4-14(12)23-20(21)25/h3-8H,9H2,1-2H3,(H3,21,23,25). The molecule has 3 N–H and O–H groups in total. The third-order valence-electron chi connectivity index (χ3n) is 4.65. The fraction of sp³-hybridized carbons (Fsp3) is 0.150. The van der Waals surface area contributed by atoms with Crippen LogP contribution in [0, 0.1) is 0 Å². The Morgan fingerprint density at radius 3 is 2.48 bits per heavy atom. The first kappa shape index (κ1) is 20.4. The monoisotopic (exact) mass is 443 g/mol. The number of sulfone groups is 1. The molecule has 0 unspecified atom stereocenters. The van der Waals surface area contributed by atoms with Gasteiger partial charge in [0.05, 0.1) is 34.5 Å². The number of aromatic nitrogens is 1. The zero-order valence-electron chi connectivity index (χ0n) is 16.5. The number of amides is 2. The number of pyridine rings is 1. The molecule has 0 radical (unpaired) electrons. The third kappa shape index (κ3) is 3.82. The summed E-state index contributed by atoms with van der Waals surface area (Å²) < 4.78 is 39.9. The van der Waals surface area contributed by atoms with Gasteiger partial charge >= 0.3 is 12.0 Å². The molecule has 0 fully saturated rings. The molecule has 1 aliphatic rings. The lowest BCUT2D eigenvalue weighted by Gasteiger charge is -2.15. The fourth-order valence-corrected chi connectivity index (χ4v) is 3.87. The van der Waals surface area contributed by atoms with E-state index in [1.54, 1.807) is 18.2 Å². The summed E-state index contributed by atoms with van der Waals surface area (Å²) in [7, 11) is -2.38. The Morgan fingerprint density at radius 1 is 1.13 bits per heavy atom. The SMILES string of the molecule is COC(=O)c1cc2cc3c(cc2nc1-c1cc(S(C)(=O)=O)ccc1NC(N)=O)OCO3. The molecular formula is C20H17N3O7S. The Morgan fingerprint density at radius 2 is 1.84 bits per heavy atom. The predicted molar refractivity (Wildman–Crippen MR) is 111 cm³/mol. The number of nitrogens with two attached hydrogens (primary N) is 1. The van der Waals surface area contributed by atoms with Crippen LogP contribution in [-0.2, 0) is 14.6 Å². The van der Waals surface area contributed by atoms with Crippen molar-refractivity contribution < 1.29 is 32.2 Å². The van der Waals surface area contributed by atoms with Gasteiger partial charge in [-0.05, 0) is 30.3 Å². The lowest BCUT2D eigenvalue weighted by Crippen LogP contribution is -2.20. The minimum absolute atomic E-state index is 0.0269. The first-order valence-electron chi connectivity index (χ1n) is 8.91. The summed E-state index contributed by atoms with van der Waals surface area (Å²) in [6.45, 7) is 0.0610. The summed E-state index contributed by atoms with van der Waals surface area (Å²) >= 11 is 0. The molecule has 11 heteroatoms. The normalized spacial score (nSPS) is 12.6. The number of benzene rings is 2. The van der Waals surface area contributed by atoms with Crippen LogP contribution in [0.5, 0.6) is 11.5 Å². The molecule has 1 aliphatic heterocycles. The van der Waals surface area contributed by atoms with E-state index in [0.29, 0.717) is 22.4 Å². The lowest BCUT2D eigenvalue weighted by molar-refractivity contribution is 0.0601. The van der Waals surface area contributed by atoms with Crippen molar-refractivity contribution in [2.45, 2.75) is 4.90 Å². The molecule has 4 rings (SSSR count). The number of fused-ring (bicyclic) bond motifs is 2. The highest BCUT2D eigenvalue weighted by Crippen LogP contribution is 2.39. The van der Waals surface area contributed by atoms with Gasteiger partial charge in [-0.15, -0.1) is 0 Å². The van der Waals surface area contributed by atoms with Gasteiger partial charge in [-0.1, -0.05) is 0 Å². The van der Waals surface area contributed by atoms with Gasteiger partial charge in [0.15, 0.2) is 21.3 Å². The highest BCUT2D eigenvalue weighted by atomic mass is 32.2. The Bertz CT molecular complexity index is 1350. The number of hydrogen-bond acceptors (Lipinski definition) is 8. The van der Waals surface area contributed by atoms with Crippen molar-refractivity contribution >= 4 is 38.4 Å². The van der Waals surface area contributed by atoms with Crippen LogP contribution in [0.2, 0.25) is 0 Å². The Labute approximate surface area is 176 Å². The van der Waals surface area contributed by atoms with E-state index in [4.69, 9.17) is 19.9 Å². The lowest BCUT2D eigenvalue weighted by atomic mass is 10.0. The maximum Gasteiger partial charge on any atom is 0.340 e. The number of anilines is 1. The first-order chi connectivity index (χ1) is 14.7. The summed E-state index contributed by atoms with van der Waals surface area (Å²) in [5.74, 6) is 0.294. The smallest absolute Gasteiger partial charge is 0.340 e. The summed E-state index contributed by atoms with van der Waals surface area (Å²) in [6, 6.07) is 8.02. The van der Waals surface area contributed by atoms with Gasteiger partial charge in [0.25, 0.3) is 0 Å². The summed E-state index contributed by atoms with van der Waals surface area (Å²) in [4.78, 5) is 28.6. The van der Waals surface area contributed by atoms with Gasteiger partial charge in [0, 0.05) is 23.3 Å². The number of hydrogen-bond donors (Lipinski definition) is 2. The molecule has 3 aromatic rings. The molecule has 2 aromatic carbocycles. The van der Waals surface area contributed by atoms with Crippen molar-refractivity contribution in [2.24, 2.45) is 5.73 Å². The number of carbonyl (C=O) groups is 2. The number of nitrogens with zero attached hydrogens (tertiary/aromatic N) is 1. The van der Waals surface area contributed by atoms with Crippen LogP contribution in [0.25, 0.3) is 22.2 Å². The number of rotatable bonds is 4. The molecule has 10 nitrogen and oxygen atoms in total. The van der Waals surface area contributed by atoms with Gasteiger partial charge in [0.2, 0.25) is 6.79 Å². The molecule has 0 aliphatic carbocycles. The van der Waals surface area contributed by atoms with Crippen molar-refractivity contribution in [2.75, 3.05) is 25.5 Å². The van der Waals surface area contributed by atoms with E-state index in [9.17, 15) is 18.0 Å². The van der Waals surface area contributed by atoms with Crippen LogP contribution in [-0.4, -0.2) is 45.6 Å². The van der Waals surface area contributed by atoms with Crippen LogP contribution in [0.4, 0.5) is 10.5 Å². The average Bonchev–Trinajstić information content (AvgIpc) is 3.16. The quantitative estimate of drug-likeness (QED) is 0.584. The number of methoxy groups -OCH3 is 1. The fourth-order valence-electron chi connectivity index (χ4n) is 3.23. The number of primary amides is 1. The molecule has 0 bridgehead atoms. The van der Waals surface area contributed by atoms with Gasteiger partial charge in [0.1, 0.15) is 0 Å². The number of urea groups is 1. The van der Waals surface area contributed by atoms with Crippen LogP contribution in [0.15, 0.2) is 41.3 Å². The van der Waals surface area contributed by atoms with Crippen molar-refractivity contribution in [3.05, 3.63) is 42.0 Å². The second-order valence-corrected chi connectivity index (χ2v) is 8.76. The molecule has 0 saturated carbocycles. The summed E-state index contributed by atoms with van der Waals surface area (Å²) in [5.41, 5.74) is 6.25. The average molecular weight is 443 g/mol. The maximum absolute atomic E-state index is 12.6. The van der Waals surface area contributed by atoms with E-state index in [1.807, 2.05) is 0 Å². The highest BCUT2D eigenvalue weighted by Gasteiger charge is 2.23. The van der Waals surface area contributed by atoms with Crippen molar-refractivity contribution in [3.8, 4) is 22.8 Å². The van der Waals surface area contributed by atoms with E-state index in [2.05, 4.69) is 10.3 Å². The summed E-state index contributed by atoms with van der Waals surface area (Å²) in [6.07, 6.45) is 1.04. The van der Waals surface area contributed by atoms with Gasteiger partial charge < -0.3 is 25.3 Å². The van der Waals surface area contributed by atoms with Crippen molar-refractivity contribution in [1.29, 1.82) is 0 Å². The van der Waals surface area contributed by atoms with Crippen LogP contribution in [0.1, 0.15) is 10.4 Å². The first-order valence-corrected chi connectivity index (χ1v) is 10.8. The molecule has 1 aromatic heterocycles.